The van der Waals surface area contributed by atoms with Crippen molar-refractivity contribution >= 4 is 27.7 Å². The summed E-state index contributed by atoms with van der Waals surface area (Å²) in [6.45, 7) is 0. The molecule has 1 saturated heterocycles. The molecule has 0 aromatic heterocycles. The highest BCUT2D eigenvalue weighted by Crippen LogP contribution is 2.33. The molecule has 3 aliphatic rings. The molecule has 18 heavy (non-hydrogen) atoms. The molecule has 2 fully saturated rings. The van der Waals surface area contributed by atoms with Crippen LogP contribution >= 0.6 is 11.8 Å². The van der Waals surface area contributed by atoms with Gasteiger partial charge in [0.2, 0.25) is 0 Å². The first-order valence-corrected chi connectivity index (χ1v) is 9.61. The molecule has 0 radical (unpaired) electrons. The van der Waals surface area contributed by atoms with Gasteiger partial charge in [-0.05, 0) is 31.6 Å². The Balaban J connectivity index is 1.56. The fraction of sp³-hybridized carbons (Fsp3) is 0.923. The van der Waals surface area contributed by atoms with Gasteiger partial charge >= 0.3 is 0 Å². The van der Waals surface area contributed by atoms with Crippen LogP contribution < -0.4 is 5.32 Å². The zero-order valence-electron chi connectivity index (χ0n) is 10.8. The summed E-state index contributed by atoms with van der Waals surface area (Å²) in [6.07, 6.45) is 7.49. The van der Waals surface area contributed by atoms with Crippen molar-refractivity contribution < 1.29 is 4.21 Å². The van der Waals surface area contributed by atoms with Crippen molar-refractivity contribution in [3.63, 3.8) is 0 Å². The molecule has 1 saturated carbocycles. The maximum Gasteiger partial charge on any atom is 0.157 e. The third-order valence-electron chi connectivity index (χ3n) is 4.30. The van der Waals surface area contributed by atoms with E-state index in [0.717, 1.165) is 35.4 Å². The molecule has 2 unspecified atom stereocenters. The smallest absolute Gasteiger partial charge is 0.157 e. The van der Waals surface area contributed by atoms with Crippen molar-refractivity contribution in [3.8, 4) is 0 Å². The van der Waals surface area contributed by atoms with Gasteiger partial charge in [0.25, 0.3) is 0 Å². The van der Waals surface area contributed by atoms with Gasteiger partial charge in [-0.2, -0.15) is 0 Å². The first kappa shape index (κ1) is 13.0. The molecule has 0 spiro atoms. The molecular weight excluding hydrogens is 264 g/mol. The van der Waals surface area contributed by atoms with E-state index in [9.17, 15) is 4.21 Å². The lowest BCUT2D eigenvalue weighted by molar-refractivity contribution is 0.335. The van der Waals surface area contributed by atoms with Gasteiger partial charge in [-0.3, -0.25) is 9.20 Å². The second-order valence-corrected chi connectivity index (χ2v) is 8.33. The summed E-state index contributed by atoms with van der Waals surface area (Å²) in [5.41, 5.74) is 0. The molecule has 0 amide bonds. The number of nitrogens with zero attached hydrogens (tertiary/aromatic N) is 1. The Morgan fingerprint density at radius 1 is 1.17 bits per heavy atom. The molecule has 1 N–H and O–H groups in total. The lowest BCUT2D eigenvalue weighted by atomic mass is 9.86. The minimum Gasteiger partial charge on any atom is -0.362 e. The van der Waals surface area contributed by atoms with Crippen LogP contribution in [0.3, 0.4) is 0 Å². The standard InChI is InChI=1S/C13H22N2OS2/c16-18-7-5-11(6-8-18)14-13-15-12-4-2-1-3-10(12)9-17-13/h10-12H,1-9H2,(H,14,15). The fourth-order valence-electron chi connectivity index (χ4n) is 3.12. The second kappa shape index (κ2) is 5.95. The van der Waals surface area contributed by atoms with E-state index in [1.807, 2.05) is 11.8 Å². The maximum absolute atomic E-state index is 11.3. The first-order valence-electron chi connectivity index (χ1n) is 7.13. The fourth-order valence-corrected chi connectivity index (χ4v) is 5.64. The number of amidine groups is 1. The van der Waals surface area contributed by atoms with Gasteiger partial charge in [-0.15, -0.1) is 0 Å². The average molecular weight is 286 g/mol. The number of hydrogen-bond donors (Lipinski definition) is 1. The molecule has 5 heteroatoms. The Morgan fingerprint density at radius 2 is 1.94 bits per heavy atom. The van der Waals surface area contributed by atoms with Gasteiger partial charge in [0.05, 0.1) is 6.04 Å². The minimum absolute atomic E-state index is 0.508. The number of nitrogens with one attached hydrogen (secondary N) is 1. The van der Waals surface area contributed by atoms with E-state index in [1.165, 1.54) is 31.4 Å². The Kier molecular flexibility index (Phi) is 4.29. The normalized spacial score (nSPS) is 40.8. The SMILES string of the molecule is O=S1CCC(NC2=NC3CCCCC3CS2)CC1. The summed E-state index contributed by atoms with van der Waals surface area (Å²) in [5.74, 6) is 3.80. The zero-order valence-corrected chi connectivity index (χ0v) is 12.4. The predicted molar refractivity (Wildman–Crippen MR) is 79.7 cm³/mol. The van der Waals surface area contributed by atoms with Crippen molar-refractivity contribution in [1.29, 1.82) is 0 Å². The van der Waals surface area contributed by atoms with Crippen LogP contribution in [-0.4, -0.2) is 38.7 Å². The Hall–Kier alpha value is -0.0300. The van der Waals surface area contributed by atoms with Crippen molar-refractivity contribution in [2.75, 3.05) is 17.3 Å². The second-order valence-electron chi connectivity index (χ2n) is 5.62. The number of aliphatic imine (C=N–C) groups is 1. The summed E-state index contributed by atoms with van der Waals surface area (Å²) in [4.78, 5) is 4.91. The predicted octanol–water partition coefficient (Wildman–Crippen LogP) is 2.15. The van der Waals surface area contributed by atoms with Gasteiger partial charge in [-0.1, -0.05) is 24.6 Å². The van der Waals surface area contributed by atoms with Crippen molar-refractivity contribution in [1.82, 2.24) is 5.32 Å². The molecule has 2 heterocycles. The topological polar surface area (TPSA) is 41.5 Å². The van der Waals surface area contributed by atoms with Crippen LogP contribution in [0.1, 0.15) is 38.5 Å². The van der Waals surface area contributed by atoms with Gasteiger partial charge in [0.15, 0.2) is 5.17 Å². The Labute approximate surface area is 116 Å². The Bertz CT molecular complexity index is 349. The summed E-state index contributed by atoms with van der Waals surface area (Å²) in [5, 5.41) is 4.75. The summed E-state index contributed by atoms with van der Waals surface area (Å²) < 4.78 is 11.3. The maximum atomic E-state index is 11.3. The molecule has 0 aromatic rings. The van der Waals surface area contributed by atoms with E-state index >= 15 is 0 Å². The lowest BCUT2D eigenvalue weighted by Crippen LogP contribution is -2.42. The van der Waals surface area contributed by atoms with E-state index in [4.69, 9.17) is 4.99 Å². The highest BCUT2D eigenvalue weighted by atomic mass is 32.2. The van der Waals surface area contributed by atoms with Crippen molar-refractivity contribution in [3.05, 3.63) is 0 Å². The molecule has 2 atom stereocenters. The van der Waals surface area contributed by atoms with E-state index in [0.29, 0.717) is 12.1 Å². The van der Waals surface area contributed by atoms with Crippen LogP contribution in [0.5, 0.6) is 0 Å². The van der Waals surface area contributed by atoms with Crippen LogP contribution in [-0.2, 0) is 10.8 Å². The highest BCUT2D eigenvalue weighted by Gasteiger charge is 2.30. The summed E-state index contributed by atoms with van der Waals surface area (Å²) >= 11 is 1.91. The third-order valence-corrected chi connectivity index (χ3v) is 6.78. The van der Waals surface area contributed by atoms with Crippen LogP contribution in [0.4, 0.5) is 0 Å². The molecule has 0 bridgehead atoms. The highest BCUT2D eigenvalue weighted by molar-refractivity contribution is 8.13. The number of fused-ring (bicyclic) bond motifs is 1. The number of rotatable bonds is 1. The van der Waals surface area contributed by atoms with Gasteiger partial charge in [0, 0.05) is 34.1 Å². The van der Waals surface area contributed by atoms with Gasteiger partial charge in [0.1, 0.15) is 0 Å². The van der Waals surface area contributed by atoms with E-state index in [-0.39, 0.29) is 0 Å². The van der Waals surface area contributed by atoms with Gasteiger partial charge < -0.3 is 5.32 Å². The van der Waals surface area contributed by atoms with Crippen LogP contribution in [0, 0.1) is 5.92 Å². The molecule has 2 aliphatic heterocycles. The minimum atomic E-state index is -0.561. The van der Waals surface area contributed by atoms with E-state index in [1.54, 1.807) is 0 Å². The lowest BCUT2D eigenvalue weighted by Gasteiger charge is -2.34. The molecule has 102 valence electrons. The first-order chi connectivity index (χ1) is 8.81. The van der Waals surface area contributed by atoms with Crippen LogP contribution in [0.25, 0.3) is 0 Å². The monoisotopic (exact) mass is 286 g/mol. The quantitative estimate of drug-likeness (QED) is 0.803. The largest absolute Gasteiger partial charge is 0.362 e. The average Bonchev–Trinajstić information content (AvgIpc) is 2.41. The Morgan fingerprint density at radius 3 is 2.78 bits per heavy atom. The molecule has 3 nitrogen and oxygen atoms in total. The van der Waals surface area contributed by atoms with Gasteiger partial charge in [-0.25, -0.2) is 0 Å². The molecule has 1 aliphatic carbocycles. The number of thioether (sulfide) groups is 1. The zero-order chi connectivity index (χ0) is 12.4. The van der Waals surface area contributed by atoms with Crippen molar-refractivity contribution in [2.24, 2.45) is 10.9 Å². The van der Waals surface area contributed by atoms with Crippen LogP contribution in [0.15, 0.2) is 4.99 Å². The number of hydrogen-bond acceptors (Lipinski definition) is 4. The van der Waals surface area contributed by atoms with E-state index in [2.05, 4.69) is 5.32 Å². The molecular formula is C13H22N2OS2. The van der Waals surface area contributed by atoms with Crippen LogP contribution in [0.2, 0.25) is 0 Å². The van der Waals surface area contributed by atoms with E-state index < -0.39 is 10.8 Å². The third kappa shape index (κ3) is 3.10. The molecule has 0 aromatic carbocycles. The summed E-state index contributed by atoms with van der Waals surface area (Å²) in [7, 11) is -0.561. The summed E-state index contributed by atoms with van der Waals surface area (Å²) in [6, 6.07) is 1.09. The molecule has 3 rings (SSSR count). The van der Waals surface area contributed by atoms with Crippen molar-refractivity contribution in [2.45, 2.75) is 50.6 Å².